The van der Waals surface area contributed by atoms with Gasteiger partial charge in [0.05, 0.1) is 5.56 Å². The second-order valence-corrected chi connectivity index (χ2v) is 5.10. The molecule has 0 saturated carbocycles. The lowest BCUT2D eigenvalue weighted by molar-refractivity contribution is 0.0792. The molecule has 0 atom stereocenters. The SMILES string of the molecule is O=C(c1ccc(N2CCCC2)nc1)N1CCCC1. The van der Waals surface area contributed by atoms with Crippen LogP contribution in [-0.4, -0.2) is 42.0 Å². The van der Waals surface area contributed by atoms with E-state index < -0.39 is 0 Å². The monoisotopic (exact) mass is 245 g/mol. The summed E-state index contributed by atoms with van der Waals surface area (Å²) >= 11 is 0. The van der Waals surface area contributed by atoms with Crippen molar-refractivity contribution in [2.45, 2.75) is 25.7 Å². The van der Waals surface area contributed by atoms with Crippen molar-refractivity contribution in [3.63, 3.8) is 0 Å². The molecular formula is C14H19N3O. The summed E-state index contributed by atoms with van der Waals surface area (Å²) in [5.41, 5.74) is 0.722. The third kappa shape index (κ3) is 2.19. The van der Waals surface area contributed by atoms with Crippen molar-refractivity contribution < 1.29 is 4.79 Å². The van der Waals surface area contributed by atoms with Crippen LogP contribution in [0.4, 0.5) is 5.82 Å². The van der Waals surface area contributed by atoms with Gasteiger partial charge < -0.3 is 9.80 Å². The molecular weight excluding hydrogens is 226 g/mol. The lowest BCUT2D eigenvalue weighted by atomic mass is 10.2. The van der Waals surface area contributed by atoms with Gasteiger partial charge in [-0.3, -0.25) is 4.79 Å². The Kier molecular flexibility index (Phi) is 3.17. The minimum absolute atomic E-state index is 0.132. The van der Waals surface area contributed by atoms with E-state index in [0.717, 1.165) is 50.4 Å². The lowest BCUT2D eigenvalue weighted by Crippen LogP contribution is -2.28. The van der Waals surface area contributed by atoms with Crippen LogP contribution >= 0.6 is 0 Å². The number of hydrogen-bond donors (Lipinski definition) is 0. The summed E-state index contributed by atoms with van der Waals surface area (Å²) in [5, 5.41) is 0. The first-order chi connectivity index (χ1) is 8.84. The molecule has 0 aliphatic carbocycles. The fourth-order valence-corrected chi connectivity index (χ4v) is 2.75. The van der Waals surface area contributed by atoms with Crippen molar-refractivity contribution in [1.29, 1.82) is 0 Å². The van der Waals surface area contributed by atoms with Gasteiger partial charge in [-0.2, -0.15) is 0 Å². The zero-order valence-corrected chi connectivity index (χ0v) is 10.6. The highest BCUT2D eigenvalue weighted by molar-refractivity contribution is 5.94. The van der Waals surface area contributed by atoms with Gasteiger partial charge in [-0.25, -0.2) is 4.98 Å². The number of rotatable bonds is 2. The summed E-state index contributed by atoms with van der Waals surface area (Å²) in [7, 11) is 0. The summed E-state index contributed by atoms with van der Waals surface area (Å²) in [5.74, 6) is 1.14. The largest absolute Gasteiger partial charge is 0.357 e. The molecule has 1 amide bonds. The van der Waals surface area contributed by atoms with Gasteiger partial charge in [0, 0.05) is 32.4 Å². The van der Waals surface area contributed by atoms with Gasteiger partial charge in [0.1, 0.15) is 5.82 Å². The van der Waals surface area contributed by atoms with Crippen LogP contribution in [-0.2, 0) is 0 Å². The van der Waals surface area contributed by atoms with Crippen molar-refractivity contribution in [1.82, 2.24) is 9.88 Å². The van der Waals surface area contributed by atoms with E-state index in [4.69, 9.17) is 0 Å². The van der Waals surface area contributed by atoms with Crippen LogP contribution < -0.4 is 4.90 Å². The molecule has 2 aliphatic rings. The second kappa shape index (κ2) is 4.96. The van der Waals surface area contributed by atoms with Gasteiger partial charge in [0.2, 0.25) is 0 Å². The highest BCUT2D eigenvalue weighted by atomic mass is 16.2. The van der Waals surface area contributed by atoms with Gasteiger partial charge in [-0.15, -0.1) is 0 Å². The fourth-order valence-electron chi connectivity index (χ4n) is 2.75. The molecule has 3 rings (SSSR count). The van der Waals surface area contributed by atoms with Crippen molar-refractivity contribution in [3.05, 3.63) is 23.9 Å². The number of nitrogens with zero attached hydrogens (tertiary/aromatic N) is 3. The Morgan fingerprint density at radius 1 is 1.00 bits per heavy atom. The Balaban J connectivity index is 1.71. The molecule has 18 heavy (non-hydrogen) atoms. The van der Waals surface area contributed by atoms with Crippen molar-refractivity contribution >= 4 is 11.7 Å². The number of pyridine rings is 1. The van der Waals surface area contributed by atoms with Gasteiger partial charge in [-0.1, -0.05) is 0 Å². The average Bonchev–Trinajstić information content (AvgIpc) is 3.11. The number of hydrogen-bond acceptors (Lipinski definition) is 3. The molecule has 0 aromatic carbocycles. The van der Waals surface area contributed by atoms with E-state index in [1.807, 2.05) is 17.0 Å². The van der Waals surface area contributed by atoms with Crippen molar-refractivity contribution in [2.24, 2.45) is 0 Å². The zero-order chi connectivity index (χ0) is 12.4. The molecule has 0 spiro atoms. The predicted octanol–water partition coefficient (Wildman–Crippen LogP) is 1.92. The highest BCUT2D eigenvalue weighted by Crippen LogP contribution is 2.19. The third-order valence-electron chi connectivity index (χ3n) is 3.82. The quantitative estimate of drug-likeness (QED) is 0.798. The molecule has 0 unspecified atom stereocenters. The van der Waals surface area contributed by atoms with Crippen molar-refractivity contribution in [2.75, 3.05) is 31.1 Å². The topological polar surface area (TPSA) is 36.4 Å². The minimum Gasteiger partial charge on any atom is -0.357 e. The molecule has 1 aromatic rings. The number of amides is 1. The van der Waals surface area contributed by atoms with Gasteiger partial charge >= 0.3 is 0 Å². The Hall–Kier alpha value is -1.58. The molecule has 0 radical (unpaired) electrons. The van der Waals surface area contributed by atoms with Crippen LogP contribution in [0.25, 0.3) is 0 Å². The smallest absolute Gasteiger partial charge is 0.255 e. The normalized spacial score (nSPS) is 19.6. The Bertz CT molecular complexity index is 417. The van der Waals surface area contributed by atoms with Gasteiger partial charge in [0.25, 0.3) is 5.91 Å². The van der Waals surface area contributed by atoms with Crippen LogP contribution in [0.3, 0.4) is 0 Å². The lowest BCUT2D eigenvalue weighted by Gasteiger charge is -2.18. The Morgan fingerprint density at radius 2 is 1.67 bits per heavy atom. The maximum atomic E-state index is 12.2. The summed E-state index contributed by atoms with van der Waals surface area (Å²) in [6.07, 6.45) is 6.48. The minimum atomic E-state index is 0.132. The standard InChI is InChI=1S/C14H19N3O/c18-14(17-9-3-4-10-17)12-5-6-13(15-11-12)16-7-1-2-8-16/h5-6,11H,1-4,7-10H2. The van der Waals surface area contributed by atoms with Crippen LogP contribution in [0.5, 0.6) is 0 Å². The van der Waals surface area contributed by atoms with Crippen LogP contribution in [0.15, 0.2) is 18.3 Å². The molecule has 96 valence electrons. The maximum absolute atomic E-state index is 12.2. The predicted molar refractivity (Wildman–Crippen MR) is 70.8 cm³/mol. The van der Waals surface area contributed by atoms with E-state index in [9.17, 15) is 4.79 Å². The zero-order valence-electron chi connectivity index (χ0n) is 10.6. The number of carbonyl (C=O) groups is 1. The molecule has 2 saturated heterocycles. The summed E-state index contributed by atoms with van der Waals surface area (Å²) < 4.78 is 0. The van der Waals surface area contributed by atoms with E-state index >= 15 is 0 Å². The fraction of sp³-hybridized carbons (Fsp3) is 0.571. The summed E-state index contributed by atoms with van der Waals surface area (Å²) in [6.45, 7) is 3.97. The molecule has 2 aliphatic heterocycles. The molecule has 4 heteroatoms. The number of anilines is 1. The Labute approximate surface area is 108 Å². The second-order valence-electron chi connectivity index (χ2n) is 5.10. The average molecular weight is 245 g/mol. The first kappa shape index (κ1) is 11.5. The van der Waals surface area contributed by atoms with E-state index in [-0.39, 0.29) is 5.91 Å². The van der Waals surface area contributed by atoms with Gasteiger partial charge in [-0.05, 0) is 37.8 Å². The van der Waals surface area contributed by atoms with Crippen molar-refractivity contribution in [3.8, 4) is 0 Å². The number of likely N-dealkylation sites (tertiary alicyclic amines) is 1. The van der Waals surface area contributed by atoms with E-state index in [1.165, 1.54) is 12.8 Å². The van der Waals surface area contributed by atoms with E-state index in [0.29, 0.717) is 0 Å². The maximum Gasteiger partial charge on any atom is 0.255 e. The summed E-state index contributed by atoms with van der Waals surface area (Å²) in [4.78, 5) is 20.8. The number of aromatic nitrogens is 1. The highest BCUT2D eigenvalue weighted by Gasteiger charge is 2.20. The molecule has 0 N–H and O–H groups in total. The van der Waals surface area contributed by atoms with E-state index in [1.54, 1.807) is 6.20 Å². The first-order valence-corrected chi connectivity index (χ1v) is 6.85. The van der Waals surface area contributed by atoms with Crippen LogP contribution in [0.1, 0.15) is 36.0 Å². The first-order valence-electron chi connectivity index (χ1n) is 6.85. The molecule has 4 nitrogen and oxygen atoms in total. The van der Waals surface area contributed by atoms with Crippen LogP contribution in [0.2, 0.25) is 0 Å². The van der Waals surface area contributed by atoms with Gasteiger partial charge in [0.15, 0.2) is 0 Å². The molecule has 2 fully saturated rings. The van der Waals surface area contributed by atoms with Crippen LogP contribution in [0, 0.1) is 0 Å². The Morgan fingerprint density at radius 3 is 2.28 bits per heavy atom. The molecule has 1 aromatic heterocycles. The number of carbonyl (C=O) groups excluding carboxylic acids is 1. The summed E-state index contributed by atoms with van der Waals surface area (Å²) in [6, 6.07) is 3.90. The molecule has 3 heterocycles. The third-order valence-corrected chi connectivity index (χ3v) is 3.82. The van der Waals surface area contributed by atoms with E-state index in [2.05, 4.69) is 9.88 Å². The molecule has 0 bridgehead atoms.